The Kier molecular flexibility index (Phi) is 3.49. The van der Waals surface area contributed by atoms with Gasteiger partial charge in [0.25, 0.3) is 0 Å². The first kappa shape index (κ1) is 11.7. The molecule has 4 nitrogen and oxygen atoms in total. The monoisotopic (exact) mass is 249 g/mol. The van der Waals surface area contributed by atoms with Crippen molar-refractivity contribution < 1.29 is 14.3 Å². The summed E-state index contributed by atoms with van der Waals surface area (Å²) in [6.07, 6.45) is 3.27. The van der Waals surface area contributed by atoms with Crippen LogP contribution in [0.4, 0.5) is 0 Å². The molecule has 17 heavy (non-hydrogen) atoms. The first-order valence-corrected chi connectivity index (χ1v) is 6.22. The van der Waals surface area contributed by atoms with Gasteiger partial charge in [-0.05, 0) is 30.5 Å². The molecule has 88 valence electrons. The van der Waals surface area contributed by atoms with Gasteiger partial charge in [0.15, 0.2) is 0 Å². The fourth-order valence-corrected chi connectivity index (χ4v) is 1.82. The van der Waals surface area contributed by atoms with Crippen LogP contribution in [0, 0.1) is 0 Å². The molecule has 5 heteroatoms. The maximum atomic E-state index is 10.5. The van der Waals surface area contributed by atoms with Gasteiger partial charge >= 0.3 is 5.97 Å². The van der Waals surface area contributed by atoms with E-state index < -0.39 is 5.97 Å². The molecular formula is C12H11NO3S. The maximum absolute atomic E-state index is 10.5. The Morgan fingerprint density at radius 2 is 2.12 bits per heavy atom. The van der Waals surface area contributed by atoms with Crippen LogP contribution in [0.1, 0.15) is 5.69 Å². The number of aromatic nitrogens is 1. The molecule has 0 unspecified atom stereocenters. The van der Waals surface area contributed by atoms with Gasteiger partial charge in [-0.2, -0.15) is 0 Å². The molecule has 0 amide bonds. The Bertz CT molecular complexity index is 519. The van der Waals surface area contributed by atoms with Gasteiger partial charge < -0.3 is 9.52 Å². The topological polar surface area (TPSA) is 63.3 Å². The third kappa shape index (κ3) is 2.88. The minimum atomic E-state index is -0.914. The Hall–Kier alpha value is -1.75. The van der Waals surface area contributed by atoms with E-state index in [2.05, 4.69) is 4.98 Å². The molecule has 0 aliphatic heterocycles. The summed E-state index contributed by atoms with van der Waals surface area (Å²) in [5, 5.41) is 8.63. The molecular weight excluding hydrogens is 238 g/mol. The van der Waals surface area contributed by atoms with Gasteiger partial charge in [-0.15, -0.1) is 11.8 Å². The Balaban J connectivity index is 2.21. The lowest BCUT2D eigenvalue weighted by Crippen LogP contribution is -1.99. The van der Waals surface area contributed by atoms with Crippen molar-refractivity contribution in [2.24, 2.45) is 0 Å². The predicted octanol–water partition coefficient (Wildman–Crippen LogP) is 2.69. The van der Waals surface area contributed by atoms with Gasteiger partial charge in [-0.3, -0.25) is 4.79 Å². The van der Waals surface area contributed by atoms with E-state index in [0.717, 1.165) is 10.5 Å². The first-order valence-electron chi connectivity index (χ1n) is 4.99. The number of hydrogen-bond acceptors (Lipinski definition) is 4. The van der Waals surface area contributed by atoms with Gasteiger partial charge in [0.2, 0.25) is 5.89 Å². The van der Waals surface area contributed by atoms with Crippen molar-refractivity contribution >= 4 is 17.7 Å². The molecule has 0 saturated heterocycles. The average Bonchev–Trinajstić information content (AvgIpc) is 2.77. The first-order chi connectivity index (χ1) is 8.19. The second kappa shape index (κ2) is 5.05. The number of oxazole rings is 1. The third-order valence-corrected chi connectivity index (χ3v) is 2.96. The van der Waals surface area contributed by atoms with Crippen LogP contribution in [-0.4, -0.2) is 22.3 Å². The average molecular weight is 249 g/mol. The number of carboxylic acids is 1. The van der Waals surface area contributed by atoms with E-state index in [1.807, 2.05) is 30.5 Å². The minimum Gasteiger partial charge on any atom is -0.481 e. The summed E-state index contributed by atoms with van der Waals surface area (Å²) in [5.41, 5.74) is 1.28. The molecule has 0 spiro atoms. The van der Waals surface area contributed by atoms with Crippen molar-refractivity contribution in [3.05, 3.63) is 36.2 Å². The second-order valence-electron chi connectivity index (χ2n) is 3.44. The van der Waals surface area contributed by atoms with E-state index in [4.69, 9.17) is 9.52 Å². The van der Waals surface area contributed by atoms with Crippen molar-refractivity contribution in [2.45, 2.75) is 11.3 Å². The van der Waals surface area contributed by atoms with Crippen LogP contribution in [0.2, 0.25) is 0 Å². The van der Waals surface area contributed by atoms with Crippen molar-refractivity contribution in [2.75, 3.05) is 6.26 Å². The van der Waals surface area contributed by atoms with Gasteiger partial charge in [-0.1, -0.05) is 0 Å². The smallest absolute Gasteiger partial charge is 0.309 e. The van der Waals surface area contributed by atoms with E-state index in [9.17, 15) is 4.79 Å². The van der Waals surface area contributed by atoms with E-state index >= 15 is 0 Å². The Morgan fingerprint density at radius 1 is 1.41 bits per heavy atom. The van der Waals surface area contributed by atoms with Crippen molar-refractivity contribution in [3.63, 3.8) is 0 Å². The normalized spacial score (nSPS) is 10.4. The predicted molar refractivity (Wildman–Crippen MR) is 65.1 cm³/mol. The van der Waals surface area contributed by atoms with Crippen molar-refractivity contribution in [3.8, 4) is 11.5 Å². The lowest BCUT2D eigenvalue weighted by molar-refractivity contribution is -0.136. The van der Waals surface area contributed by atoms with Crippen molar-refractivity contribution in [1.29, 1.82) is 0 Å². The third-order valence-electron chi connectivity index (χ3n) is 2.22. The summed E-state index contributed by atoms with van der Waals surface area (Å²) >= 11 is 1.66. The molecule has 0 aliphatic carbocycles. The van der Waals surface area contributed by atoms with E-state index in [-0.39, 0.29) is 6.42 Å². The van der Waals surface area contributed by atoms with Gasteiger partial charge in [-0.25, -0.2) is 4.98 Å². The molecule has 0 atom stereocenters. The van der Waals surface area contributed by atoms with Gasteiger partial charge in [0, 0.05) is 10.5 Å². The molecule has 0 saturated carbocycles. The zero-order valence-corrected chi connectivity index (χ0v) is 10.0. The van der Waals surface area contributed by atoms with Crippen LogP contribution in [0.15, 0.2) is 39.8 Å². The lowest BCUT2D eigenvalue weighted by Gasteiger charge is -1.97. The Labute approximate surface area is 103 Å². The maximum Gasteiger partial charge on any atom is 0.309 e. The summed E-state index contributed by atoms with van der Waals surface area (Å²) in [6.45, 7) is 0. The highest BCUT2D eigenvalue weighted by molar-refractivity contribution is 7.98. The molecule has 0 bridgehead atoms. The van der Waals surface area contributed by atoms with Crippen LogP contribution >= 0.6 is 11.8 Å². The molecule has 1 aromatic carbocycles. The summed E-state index contributed by atoms with van der Waals surface area (Å²) in [5.74, 6) is -0.462. The molecule has 1 aromatic heterocycles. The standard InChI is InChI=1S/C12H11NO3S/c1-17-10-4-2-8(3-5-10)12-13-9(7-16-12)6-11(14)15/h2-5,7H,6H2,1H3,(H,14,15). The highest BCUT2D eigenvalue weighted by Crippen LogP contribution is 2.22. The van der Waals surface area contributed by atoms with Gasteiger partial charge in [0.1, 0.15) is 6.26 Å². The van der Waals surface area contributed by atoms with Crippen LogP contribution in [0.3, 0.4) is 0 Å². The molecule has 0 fully saturated rings. The summed E-state index contributed by atoms with van der Waals surface area (Å²) in [4.78, 5) is 15.8. The lowest BCUT2D eigenvalue weighted by atomic mass is 10.2. The number of benzene rings is 1. The summed E-state index contributed by atoms with van der Waals surface area (Å²) in [6, 6.07) is 7.76. The van der Waals surface area contributed by atoms with Crippen molar-refractivity contribution in [1.82, 2.24) is 4.98 Å². The number of thioether (sulfide) groups is 1. The highest BCUT2D eigenvalue weighted by atomic mass is 32.2. The van der Waals surface area contributed by atoms with Crippen LogP contribution in [0.25, 0.3) is 11.5 Å². The van der Waals surface area contributed by atoms with E-state index in [1.54, 1.807) is 11.8 Å². The quantitative estimate of drug-likeness (QED) is 0.844. The number of aliphatic carboxylic acids is 1. The van der Waals surface area contributed by atoms with Crippen LogP contribution in [-0.2, 0) is 11.2 Å². The fourth-order valence-electron chi connectivity index (χ4n) is 1.41. The number of carboxylic acid groups (broad SMARTS) is 1. The highest BCUT2D eigenvalue weighted by Gasteiger charge is 2.09. The minimum absolute atomic E-state index is 0.119. The van der Waals surface area contributed by atoms with Crippen LogP contribution in [0.5, 0.6) is 0 Å². The molecule has 1 N–H and O–H groups in total. The second-order valence-corrected chi connectivity index (χ2v) is 4.32. The summed E-state index contributed by atoms with van der Waals surface area (Å²) < 4.78 is 5.24. The number of carbonyl (C=O) groups is 1. The van der Waals surface area contributed by atoms with Gasteiger partial charge in [0.05, 0.1) is 12.1 Å². The molecule has 0 radical (unpaired) electrons. The molecule has 1 heterocycles. The fraction of sp³-hybridized carbons (Fsp3) is 0.167. The SMILES string of the molecule is CSc1ccc(-c2nc(CC(=O)O)co2)cc1. The van der Waals surface area contributed by atoms with Crippen LogP contribution < -0.4 is 0 Å². The largest absolute Gasteiger partial charge is 0.481 e. The van der Waals surface area contributed by atoms with E-state index in [0.29, 0.717) is 11.6 Å². The molecule has 2 aromatic rings. The molecule has 2 rings (SSSR count). The number of rotatable bonds is 4. The summed E-state index contributed by atoms with van der Waals surface area (Å²) in [7, 11) is 0. The number of nitrogens with zero attached hydrogens (tertiary/aromatic N) is 1. The molecule has 0 aliphatic rings. The Morgan fingerprint density at radius 3 is 2.71 bits per heavy atom. The zero-order valence-electron chi connectivity index (χ0n) is 9.21. The number of hydrogen-bond donors (Lipinski definition) is 1. The van der Waals surface area contributed by atoms with E-state index in [1.165, 1.54) is 6.26 Å². The zero-order chi connectivity index (χ0) is 12.3.